The second-order valence-corrected chi connectivity index (χ2v) is 6.53. The summed E-state index contributed by atoms with van der Waals surface area (Å²) in [5.74, 6) is 2.09. The van der Waals surface area contributed by atoms with Crippen molar-refractivity contribution in [3.63, 3.8) is 0 Å². The van der Waals surface area contributed by atoms with Crippen LogP contribution in [0.1, 0.15) is 32.3 Å². The van der Waals surface area contributed by atoms with Crippen molar-refractivity contribution in [1.82, 2.24) is 10.2 Å². The van der Waals surface area contributed by atoms with Crippen LogP contribution in [0.4, 0.5) is 4.79 Å². The van der Waals surface area contributed by atoms with Crippen LogP contribution >= 0.6 is 0 Å². The van der Waals surface area contributed by atoms with Gasteiger partial charge in [0.1, 0.15) is 5.75 Å². The normalized spacial score (nSPS) is 21.5. The minimum Gasteiger partial charge on any atom is -0.497 e. The maximum atomic E-state index is 12.2. The summed E-state index contributed by atoms with van der Waals surface area (Å²) >= 11 is 0. The first-order valence-electron chi connectivity index (χ1n) is 8.24. The number of nitrogens with zero attached hydrogens (tertiary/aromatic N) is 1. The van der Waals surface area contributed by atoms with Crippen molar-refractivity contribution >= 4 is 6.03 Å². The molecule has 1 saturated heterocycles. The molecule has 0 spiro atoms. The number of methoxy groups -OCH3 is 1. The van der Waals surface area contributed by atoms with Crippen molar-refractivity contribution < 1.29 is 9.53 Å². The van der Waals surface area contributed by atoms with E-state index in [2.05, 4.69) is 31.3 Å². The van der Waals surface area contributed by atoms with Crippen LogP contribution in [-0.4, -0.2) is 37.7 Å². The Bertz CT molecular complexity index is 462. The first-order valence-corrected chi connectivity index (χ1v) is 8.24. The Morgan fingerprint density at radius 3 is 2.45 bits per heavy atom. The fraction of sp³-hybridized carbons (Fsp3) is 0.611. The molecule has 0 aromatic heterocycles. The molecule has 2 unspecified atom stereocenters. The van der Waals surface area contributed by atoms with Crippen LogP contribution in [0.5, 0.6) is 5.75 Å². The van der Waals surface area contributed by atoms with E-state index in [0.29, 0.717) is 11.8 Å². The molecule has 1 heterocycles. The smallest absolute Gasteiger partial charge is 0.317 e. The van der Waals surface area contributed by atoms with Gasteiger partial charge in [0, 0.05) is 19.6 Å². The summed E-state index contributed by atoms with van der Waals surface area (Å²) in [4.78, 5) is 14.1. The number of hydrogen-bond donors (Lipinski definition) is 1. The summed E-state index contributed by atoms with van der Waals surface area (Å²) < 4.78 is 5.15. The molecule has 1 aromatic rings. The number of carbonyl (C=O) groups excluding carboxylic acids is 1. The molecular formula is C18H28N2O2. The van der Waals surface area contributed by atoms with Crippen LogP contribution < -0.4 is 10.1 Å². The summed E-state index contributed by atoms with van der Waals surface area (Å²) in [5, 5.41) is 3.05. The molecule has 22 heavy (non-hydrogen) atoms. The topological polar surface area (TPSA) is 41.6 Å². The predicted molar refractivity (Wildman–Crippen MR) is 89.2 cm³/mol. The van der Waals surface area contributed by atoms with Gasteiger partial charge in [0.15, 0.2) is 0 Å². The first-order chi connectivity index (χ1) is 10.6. The maximum Gasteiger partial charge on any atom is 0.317 e. The summed E-state index contributed by atoms with van der Waals surface area (Å²) in [7, 11) is 1.67. The first kappa shape index (κ1) is 16.7. The van der Waals surface area contributed by atoms with Crippen LogP contribution in [-0.2, 0) is 6.42 Å². The molecule has 1 N–H and O–H groups in total. The van der Waals surface area contributed by atoms with Gasteiger partial charge >= 0.3 is 6.03 Å². The van der Waals surface area contributed by atoms with Gasteiger partial charge in [-0.15, -0.1) is 0 Å². The molecule has 4 heteroatoms. The van der Waals surface area contributed by atoms with Crippen molar-refractivity contribution in [2.24, 2.45) is 11.8 Å². The Morgan fingerprint density at radius 2 is 1.86 bits per heavy atom. The number of carbonyl (C=O) groups is 1. The number of hydrogen-bond acceptors (Lipinski definition) is 2. The SMILES string of the molecule is COc1ccc(CCCNC(=O)N2CC(C)CC(C)C2)cc1. The van der Waals surface area contributed by atoms with Crippen LogP contribution in [0.3, 0.4) is 0 Å². The van der Waals surface area contributed by atoms with Crippen LogP contribution in [0, 0.1) is 11.8 Å². The van der Waals surface area contributed by atoms with Crippen molar-refractivity contribution in [3.05, 3.63) is 29.8 Å². The molecule has 2 rings (SSSR count). The quantitative estimate of drug-likeness (QED) is 0.848. The van der Waals surface area contributed by atoms with Crippen molar-refractivity contribution in [1.29, 1.82) is 0 Å². The number of benzene rings is 1. The van der Waals surface area contributed by atoms with E-state index in [0.717, 1.165) is 38.2 Å². The number of piperidine rings is 1. The Balaban J connectivity index is 1.68. The molecule has 0 aliphatic carbocycles. The van der Waals surface area contributed by atoms with E-state index < -0.39 is 0 Å². The third-order valence-corrected chi connectivity index (χ3v) is 4.23. The van der Waals surface area contributed by atoms with Crippen LogP contribution in [0.25, 0.3) is 0 Å². The van der Waals surface area contributed by atoms with Crippen molar-refractivity contribution in [2.75, 3.05) is 26.7 Å². The number of likely N-dealkylation sites (tertiary alicyclic amines) is 1. The van der Waals surface area contributed by atoms with E-state index in [1.165, 1.54) is 12.0 Å². The molecule has 0 radical (unpaired) electrons. The number of ether oxygens (including phenoxy) is 1. The van der Waals surface area contributed by atoms with Gasteiger partial charge in [-0.1, -0.05) is 26.0 Å². The lowest BCUT2D eigenvalue weighted by atomic mass is 9.92. The van der Waals surface area contributed by atoms with Gasteiger partial charge in [0.05, 0.1) is 7.11 Å². The van der Waals surface area contributed by atoms with Gasteiger partial charge in [-0.2, -0.15) is 0 Å². The van der Waals surface area contributed by atoms with Gasteiger partial charge in [-0.25, -0.2) is 4.79 Å². The van der Waals surface area contributed by atoms with Crippen molar-refractivity contribution in [3.8, 4) is 5.75 Å². The lowest BCUT2D eigenvalue weighted by Gasteiger charge is -2.34. The zero-order valence-corrected chi connectivity index (χ0v) is 14.0. The highest BCUT2D eigenvalue weighted by Crippen LogP contribution is 2.20. The Hall–Kier alpha value is -1.71. The summed E-state index contributed by atoms with van der Waals surface area (Å²) in [6.45, 7) is 6.94. The number of aryl methyl sites for hydroxylation is 1. The standard InChI is InChI=1S/C18H28N2O2/c1-14-11-15(2)13-20(12-14)18(21)19-10-4-5-16-6-8-17(22-3)9-7-16/h6-9,14-15H,4-5,10-13H2,1-3H3,(H,19,21). The molecule has 0 bridgehead atoms. The minimum atomic E-state index is 0.0909. The number of nitrogens with one attached hydrogen (secondary N) is 1. The van der Waals surface area contributed by atoms with E-state index in [9.17, 15) is 4.79 Å². The number of amides is 2. The predicted octanol–water partition coefficient (Wildman–Crippen LogP) is 3.32. The molecule has 1 aliphatic heterocycles. The third kappa shape index (κ3) is 4.93. The highest BCUT2D eigenvalue weighted by atomic mass is 16.5. The highest BCUT2D eigenvalue weighted by molar-refractivity contribution is 5.74. The average Bonchev–Trinajstić information content (AvgIpc) is 2.51. The van der Waals surface area contributed by atoms with Crippen molar-refractivity contribution in [2.45, 2.75) is 33.1 Å². The molecule has 1 fully saturated rings. The van der Waals surface area contributed by atoms with Crippen LogP contribution in [0.2, 0.25) is 0 Å². The lowest BCUT2D eigenvalue weighted by Crippen LogP contribution is -2.47. The fourth-order valence-corrected chi connectivity index (χ4v) is 3.22. The third-order valence-electron chi connectivity index (χ3n) is 4.23. The van der Waals surface area contributed by atoms with Gasteiger partial charge < -0.3 is 15.0 Å². The largest absolute Gasteiger partial charge is 0.497 e. The van der Waals surface area contributed by atoms with Gasteiger partial charge in [-0.05, 0) is 48.8 Å². The minimum absolute atomic E-state index is 0.0909. The van der Waals surface area contributed by atoms with E-state index >= 15 is 0 Å². The Morgan fingerprint density at radius 1 is 1.23 bits per heavy atom. The maximum absolute atomic E-state index is 12.2. The van der Waals surface area contributed by atoms with E-state index in [1.54, 1.807) is 7.11 Å². The van der Waals surface area contributed by atoms with Gasteiger partial charge in [0.2, 0.25) is 0 Å². The van der Waals surface area contributed by atoms with E-state index in [-0.39, 0.29) is 6.03 Å². The molecule has 2 amide bonds. The van der Waals surface area contributed by atoms with E-state index in [1.807, 2.05) is 17.0 Å². The highest BCUT2D eigenvalue weighted by Gasteiger charge is 2.24. The lowest BCUT2D eigenvalue weighted by molar-refractivity contribution is 0.146. The Kier molecular flexibility index (Phi) is 6.10. The number of urea groups is 1. The second kappa shape index (κ2) is 8.06. The fourth-order valence-electron chi connectivity index (χ4n) is 3.22. The number of rotatable bonds is 5. The van der Waals surface area contributed by atoms with Gasteiger partial charge in [0.25, 0.3) is 0 Å². The summed E-state index contributed by atoms with van der Waals surface area (Å²) in [6, 6.07) is 8.20. The monoisotopic (exact) mass is 304 g/mol. The second-order valence-electron chi connectivity index (χ2n) is 6.53. The molecular weight excluding hydrogens is 276 g/mol. The van der Waals surface area contributed by atoms with E-state index in [4.69, 9.17) is 4.74 Å². The average molecular weight is 304 g/mol. The summed E-state index contributed by atoms with van der Waals surface area (Å²) in [6.07, 6.45) is 3.15. The molecule has 1 aromatic carbocycles. The molecule has 4 nitrogen and oxygen atoms in total. The summed E-state index contributed by atoms with van der Waals surface area (Å²) in [5.41, 5.74) is 1.27. The zero-order chi connectivity index (χ0) is 15.9. The zero-order valence-electron chi connectivity index (χ0n) is 14.0. The molecule has 2 atom stereocenters. The van der Waals surface area contributed by atoms with Crippen LogP contribution in [0.15, 0.2) is 24.3 Å². The molecule has 1 aliphatic rings. The Labute approximate surface area is 133 Å². The molecule has 0 saturated carbocycles. The van der Waals surface area contributed by atoms with Gasteiger partial charge in [-0.3, -0.25) is 0 Å². The molecule has 122 valence electrons.